The normalized spacial score (nSPS) is 11.8. The van der Waals surface area contributed by atoms with Crippen molar-refractivity contribution < 1.29 is 9.59 Å². The lowest BCUT2D eigenvalue weighted by molar-refractivity contribution is -0.136. The fourth-order valence-corrected chi connectivity index (χ4v) is 1.47. The highest BCUT2D eigenvalue weighted by Crippen LogP contribution is 2.08. The molecule has 0 saturated carbocycles. The van der Waals surface area contributed by atoms with E-state index in [0.29, 0.717) is 18.9 Å². The van der Waals surface area contributed by atoms with Gasteiger partial charge in [-0.25, -0.2) is 0 Å². The molecule has 5 nitrogen and oxygen atoms in total. The first-order chi connectivity index (χ1) is 8.42. The Balaban J connectivity index is 4.22. The van der Waals surface area contributed by atoms with Gasteiger partial charge in [-0.15, -0.1) is 0 Å². The Hall–Kier alpha value is -1.57. The molecule has 1 N–H and O–H groups in total. The summed E-state index contributed by atoms with van der Waals surface area (Å²) in [6.07, 6.45) is 1.31. The number of likely N-dealkylation sites (N-methyl/N-ethyl adjacent to an activating group) is 1. The predicted molar refractivity (Wildman–Crippen MR) is 69.5 cm³/mol. The molecular weight excluding hydrogens is 230 g/mol. The zero-order chi connectivity index (χ0) is 14.1. The van der Waals surface area contributed by atoms with Crippen molar-refractivity contribution in [1.82, 2.24) is 10.2 Å². The highest BCUT2D eigenvalue weighted by Gasteiger charge is 2.22. The molecule has 0 fully saturated rings. The van der Waals surface area contributed by atoms with E-state index in [4.69, 9.17) is 5.26 Å². The van der Waals surface area contributed by atoms with Crippen LogP contribution >= 0.6 is 0 Å². The van der Waals surface area contributed by atoms with E-state index in [1.54, 1.807) is 7.05 Å². The van der Waals surface area contributed by atoms with Gasteiger partial charge in [0.1, 0.15) is 5.92 Å². The van der Waals surface area contributed by atoms with E-state index in [1.165, 1.54) is 4.90 Å². The maximum absolute atomic E-state index is 11.9. The summed E-state index contributed by atoms with van der Waals surface area (Å²) in [7, 11) is 1.55. The summed E-state index contributed by atoms with van der Waals surface area (Å²) in [5, 5.41) is 11.6. The van der Waals surface area contributed by atoms with Crippen LogP contribution in [0, 0.1) is 23.2 Å². The molecule has 1 atom stereocenters. The molecule has 0 aliphatic carbocycles. The standard InChI is InChI=1S/C13H23N3O2/c1-5-6-11(7-14)13(18)16(4)9-12(17)15-8-10(2)3/h10-11H,5-6,8-9H2,1-4H3,(H,15,17). The quantitative estimate of drug-likeness (QED) is 0.740. The van der Waals surface area contributed by atoms with E-state index in [1.807, 2.05) is 26.8 Å². The Morgan fingerprint density at radius 2 is 2.00 bits per heavy atom. The van der Waals surface area contributed by atoms with Gasteiger partial charge < -0.3 is 10.2 Å². The maximum atomic E-state index is 11.9. The van der Waals surface area contributed by atoms with Crippen LogP contribution in [0.15, 0.2) is 0 Å². The van der Waals surface area contributed by atoms with Crippen LogP contribution in [-0.2, 0) is 9.59 Å². The number of hydrogen-bond acceptors (Lipinski definition) is 3. The van der Waals surface area contributed by atoms with E-state index >= 15 is 0 Å². The molecule has 0 radical (unpaired) electrons. The topological polar surface area (TPSA) is 73.2 Å². The lowest BCUT2D eigenvalue weighted by atomic mass is 10.0. The van der Waals surface area contributed by atoms with Crippen molar-refractivity contribution in [3.05, 3.63) is 0 Å². The van der Waals surface area contributed by atoms with Gasteiger partial charge >= 0.3 is 0 Å². The summed E-state index contributed by atoms with van der Waals surface area (Å²) < 4.78 is 0. The minimum atomic E-state index is -0.641. The summed E-state index contributed by atoms with van der Waals surface area (Å²) in [5.41, 5.74) is 0. The van der Waals surface area contributed by atoms with Crippen molar-refractivity contribution in [2.24, 2.45) is 11.8 Å². The molecule has 0 aromatic rings. The highest BCUT2D eigenvalue weighted by atomic mass is 16.2. The van der Waals surface area contributed by atoms with Gasteiger partial charge in [0, 0.05) is 13.6 Å². The third-order valence-corrected chi connectivity index (χ3v) is 2.50. The molecule has 0 aliphatic rings. The summed E-state index contributed by atoms with van der Waals surface area (Å²) in [6, 6.07) is 1.98. The molecule has 1 unspecified atom stereocenters. The average Bonchev–Trinajstić information content (AvgIpc) is 2.32. The second-order valence-corrected chi connectivity index (χ2v) is 4.86. The number of nitrogens with zero attached hydrogens (tertiary/aromatic N) is 2. The van der Waals surface area contributed by atoms with Crippen molar-refractivity contribution in [2.45, 2.75) is 33.6 Å². The minimum Gasteiger partial charge on any atom is -0.354 e. The molecule has 0 saturated heterocycles. The van der Waals surface area contributed by atoms with E-state index in [2.05, 4.69) is 5.32 Å². The number of rotatable bonds is 7. The minimum absolute atomic E-state index is 0.00739. The number of carbonyl (C=O) groups excluding carboxylic acids is 2. The second-order valence-electron chi connectivity index (χ2n) is 4.86. The van der Waals surface area contributed by atoms with Gasteiger partial charge in [0.25, 0.3) is 0 Å². The molecule has 0 bridgehead atoms. The van der Waals surface area contributed by atoms with Gasteiger partial charge in [0.05, 0.1) is 12.6 Å². The van der Waals surface area contributed by atoms with Crippen LogP contribution in [0.25, 0.3) is 0 Å². The summed E-state index contributed by atoms with van der Waals surface area (Å²) in [5.74, 6) is -0.730. The number of nitriles is 1. The van der Waals surface area contributed by atoms with E-state index < -0.39 is 5.92 Å². The smallest absolute Gasteiger partial charge is 0.240 e. The fraction of sp³-hybridized carbons (Fsp3) is 0.769. The van der Waals surface area contributed by atoms with E-state index in [9.17, 15) is 9.59 Å². The lowest BCUT2D eigenvalue weighted by Gasteiger charge is -2.19. The number of nitrogens with one attached hydrogen (secondary N) is 1. The van der Waals surface area contributed by atoms with Crippen molar-refractivity contribution in [2.75, 3.05) is 20.1 Å². The summed E-state index contributed by atoms with van der Waals surface area (Å²) in [4.78, 5) is 24.7. The van der Waals surface area contributed by atoms with Crippen LogP contribution in [0.4, 0.5) is 0 Å². The molecular formula is C13H23N3O2. The molecule has 0 aromatic heterocycles. The van der Waals surface area contributed by atoms with E-state index in [0.717, 1.165) is 6.42 Å². The molecule has 0 aromatic carbocycles. The van der Waals surface area contributed by atoms with Crippen molar-refractivity contribution in [3.63, 3.8) is 0 Å². The number of hydrogen-bond donors (Lipinski definition) is 1. The van der Waals surface area contributed by atoms with Crippen molar-refractivity contribution in [1.29, 1.82) is 5.26 Å². The number of carbonyl (C=O) groups is 2. The second kappa shape index (κ2) is 8.51. The molecule has 102 valence electrons. The Bertz CT molecular complexity index is 321. The van der Waals surface area contributed by atoms with Crippen LogP contribution in [0.1, 0.15) is 33.6 Å². The predicted octanol–water partition coefficient (Wildman–Crippen LogP) is 1.16. The Morgan fingerprint density at radius 1 is 1.39 bits per heavy atom. The van der Waals surface area contributed by atoms with Crippen LogP contribution in [0.5, 0.6) is 0 Å². The largest absolute Gasteiger partial charge is 0.354 e. The molecule has 18 heavy (non-hydrogen) atoms. The summed E-state index contributed by atoms with van der Waals surface area (Å²) in [6.45, 7) is 6.53. The highest BCUT2D eigenvalue weighted by molar-refractivity contribution is 5.86. The zero-order valence-electron chi connectivity index (χ0n) is 11.7. The molecule has 0 rings (SSSR count). The summed E-state index contributed by atoms with van der Waals surface area (Å²) >= 11 is 0. The maximum Gasteiger partial charge on any atom is 0.240 e. The van der Waals surface area contributed by atoms with Gasteiger partial charge in [-0.1, -0.05) is 27.2 Å². The third-order valence-electron chi connectivity index (χ3n) is 2.50. The van der Waals surface area contributed by atoms with E-state index in [-0.39, 0.29) is 18.4 Å². The number of amides is 2. The van der Waals surface area contributed by atoms with Gasteiger partial charge in [-0.2, -0.15) is 5.26 Å². The van der Waals surface area contributed by atoms with Gasteiger partial charge in [-0.3, -0.25) is 9.59 Å². The van der Waals surface area contributed by atoms with Crippen molar-refractivity contribution >= 4 is 11.8 Å². The van der Waals surface area contributed by atoms with Crippen LogP contribution in [0.2, 0.25) is 0 Å². The fourth-order valence-electron chi connectivity index (χ4n) is 1.47. The Labute approximate surface area is 109 Å². The molecule has 2 amide bonds. The molecule has 0 heterocycles. The van der Waals surface area contributed by atoms with Crippen LogP contribution in [0.3, 0.4) is 0 Å². The zero-order valence-corrected chi connectivity index (χ0v) is 11.7. The Morgan fingerprint density at radius 3 is 2.44 bits per heavy atom. The Kier molecular flexibility index (Phi) is 7.77. The molecule has 5 heteroatoms. The van der Waals surface area contributed by atoms with Crippen LogP contribution in [-0.4, -0.2) is 36.9 Å². The third kappa shape index (κ3) is 6.24. The van der Waals surface area contributed by atoms with Crippen molar-refractivity contribution in [3.8, 4) is 6.07 Å². The SMILES string of the molecule is CCCC(C#N)C(=O)N(C)CC(=O)NCC(C)C. The average molecular weight is 253 g/mol. The molecule has 0 spiro atoms. The van der Waals surface area contributed by atoms with Crippen LogP contribution < -0.4 is 5.32 Å². The monoisotopic (exact) mass is 253 g/mol. The van der Waals surface area contributed by atoms with Gasteiger partial charge in [0.15, 0.2) is 0 Å². The first kappa shape index (κ1) is 16.4. The van der Waals surface area contributed by atoms with Gasteiger partial charge in [-0.05, 0) is 12.3 Å². The first-order valence-corrected chi connectivity index (χ1v) is 6.33. The molecule has 0 aliphatic heterocycles. The van der Waals surface area contributed by atoms with Gasteiger partial charge in [0.2, 0.25) is 11.8 Å². The first-order valence-electron chi connectivity index (χ1n) is 6.33. The lowest BCUT2D eigenvalue weighted by Crippen LogP contribution is -2.41.